The van der Waals surface area contributed by atoms with Crippen molar-refractivity contribution in [3.05, 3.63) is 33.7 Å². The first-order valence-electron chi connectivity index (χ1n) is 4.14. The summed E-state index contributed by atoms with van der Waals surface area (Å²) in [6.45, 7) is 0.0324. The van der Waals surface area contributed by atoms with Gasteiger partial charge in [0.25, 0.3) is 5.19 Å². The Morgan fingerprint density at radius 1 is 1.27 bits per heavy atom. The summed E-state index contributed by atoms with van der Waals surface area (Å²) < 4.78 is 6.12. The molecule has 2 rings (SSSR count). The number of nitrogens with zero attached hydrogens (tertiary/aromatic N) is 2. The molecule has 1 aromatic heterocycles. The van der Waals surface area contributed by atoms with Gasteiger partial charge in [-0.25, -0.2) is 0 Å². The summed E-state index contributed by atoms with van der Waals surface area (Å²) in [5.74, 6) is 0.677. The van der Waals surface area contributed by atoms with E-state index < -0.39 is 0 Å². The molecule has 0 radical (unpaired) electrons. The van der Waals surface area contributed by atoms with Gasteiger partial charge in [-0.3, -0.25) is 0 Å². The van der Waals surface area contributed by atoms with E-state index in [4.69, 9.17) is 9.84 Å². The molecule has 0 fully saturated rings. The Balaban J connectivity index is 2.11. The van der Waals surface area contributed by atoms with Crippen molar-refractivity contribution in [1.29, 1.82) is 0 Å². The number of hydrogen-bond donors (Lipinski definition) is 1. The first-order valence-corrected chi connectivity index (χ1v) is 5.75. The highest BCUT2D eigenvalue weighted by Crippen LogP contribution is 2.27. The van der Waals surface area contributed by atoms with Crippen LogP contribution in [-0.2, 0) is 6.61 Å². The van der Waals surface area contributed by atoms with Gasteiger partial charge in [0.05, 0.1) is 6.61 Å². The molecule has 1 aromatic carbocycles. The molecule has 0 saturated carbocycles. The Bertz CT molecular complexity index is 444. The summed E-state index contributed by atoms with van der Waals surface area (Å²) in [7, 11) is 0. The molecule has 0 atom stereocenters. The average Bonchev–Trinajstić information content (AvgIpc) is 2.65. The predicted octanol–water partition coefficient (Wildman–Crippen LogP) is 2.59. The van der Waals surface area contributed by atoms with Crippen LogP contribution in [0.2, 0.25) is 0 Å². The molecule has 0 bridgehead atoms. The van der Waals surface area contributed by atoms with E-state index in [1.165, 1.54) is 11.3 Å². The molecule has 0 aliphatic rings. The largest absolute Gasteiger partial charge is 0.430 e. The maximum Gasteiger partial charge on any atom is 0.300 e. The van der Waals surface area contributed by atoms with Gasteiger partial charge in [-0.05, 0) is 45.0 Å². The average molecular weight is 287 g/mol. The van der Waals surface area contributed by atoms with Gasteiger partial charge in [-0.2, -0.15) is 0 Å². The van der Waals surface area contributed by atoms with Crippen molar-refractivity contribution in [3.8, 4) is 10.9 Å². The maximum absolute atomic E-state index is 8.85. The van der Waals surface area contributed by atoms with E-state index >= 15 is 0 Å². The van der Waals surface area contributed by atoms with E-state index in [1.807, 2.05) is 0 Å². The molecule has 78 valence electrons. The molecule has 1 heterocycles. The smallest absolute Gasteiger partial charge is 0.300 e. The highest BCUT2D eigenvalue weighted by atomic mass is 79.9. The normalized spacial score (nSPS) is 10.3. The first-order chi connectivity index (χ1) is 7.28. The standard InChI is InChI=1S/C9H7BrN2O2S/c10-8-11-12-9(15-8)14-7-3-1-6(5-13)2-4-7/h1-4,13H,5H2. The fraction of sp³-hybridized carbons (Fsp3) is 0.111. The minimum absolute atomic E-state index is 0.0324. The van der Waals surface area contributed by atoms with Crippen LogP contribution in [0, 0.1) is 0 Å². The quantitative estimate of drug-likeness (QED) is 0.942. The second-order valence-corrected chi connectivity index (χ2v) is 4.94. The molecule has 0 unspecified atom stereocenters. The van der Waals surface area contributed by atoms with E-state index in [9.17, 15) is 0 Å². The van der Waals surface area contributed by atoms with Crippen molar-refractivity contribution in [2.24, 2.45) is 0 Å². The highest BCUT2D eigenvalue weighted by Gasteiger charge is 2.03. The van der Waals surface area contributed by atoms with Crippen molar-refractivity contribution in [2.75, 3.05) is 0 Å². The summed E-state index contributed by atoms with van der Waals surface area (Å²) >= 11 is 4.52. The van der Waals surface area contributed by atoms with Gasteiger partial charge in [0.2, 0.25) is 0 Å². The lowest BCUT2D eigenvalue weighted by molar-refractivity contribution is 0.281. The molecule has 0 spiro atoms. The minimum atomic E-state index is 0.0324. The zero-order valence-corrected chi connectivity index (χ0v) is 9.96. The van der Waals surface area contributed by atoms with Gasteiger partial charge < -0.3 is 9.84 Å². The molecule has 0 saturated heterocycles. The van der Waals surface area contributed by atoms with E-state index in [0.717, 1.165) is 5.56 Å². The van der Waals surface area contributed by atoms with Crippen LogP contribution < -0.4 is 4.74 Å². The SMILES string of the molecule is OCc1ccc(Oc2nnc(Br)s2)cc1. The first kappa shape index (κ1) is 10.5. The molecule has 2 aromatic rings. The van der Waals surface area contributed by atoms with Crippen LogP contribution in [0.5, 0.6) is 10.9 Å². The zero-order chi connectivity index (χ0) is 10.7. The third kappa shape index (κ3) is 2.74. The van der Waals surface area contributed by atoms with Crippen LogP contribution >= 0.6 is 27.3 Å². The Kier molecular flexibility index (Phi) is 3.30. The Morgan fingerprint density at radius 3 is 2.53 bits per heavy atom. The number of aliphatic hydroxyl groups is 1. The van der Waals surface area contributed by atoms with Crippen LogP contribution in [0.15, 0.2) is 28.2 Å². The summed E-state index contributed by atoms with van der Waals surface area (Å²) in [5.41, 5.74) is 0.848. The second kappa shape index (κ2) is 4.69. The molecular formula is C9H7BrN2O2S. The van der Waals surface area contributed by atoms with Crippen LogP contribution in [0.3, 0.4) is 0 Å². The number of aliphatic hydroxyl groups excluding tert-OH is 1. The van der Waals surface area contributed by atoms with Crippen LogP contribution in [-0.4, -0.2) is 15.3 Å². The zero-order valence-electron chi connectivity index (χ0n) is 7.55. The van der Waals surface area contributed by atoms with Crippen LogP contribution in [0.1, 0.15) is 5.56 Å². The van der Waals surface area contributed by atoms with E-state index in [1.54, 1.807) is 24.3 Å². The molecule has 0 aliphatic heterocycles. The van der Waals surface area contributed by atoms with Crippen LogP contribution in [0.25, 0.3) is 0 Å². The molecule has 0 amide bonds. The molecule has 15 heavy (non-hydrogen) atoms. The van der Waals surface area contributed by atoms with E-state index in [0.29, 0.717) is 14.9 Å². The summed E-state index contributed by atoms with van der Waals surface area (Å²) in [4.78, 5) is 0. The van der Waals surface area contributed by atoms with Gasteiger partial charge in [0.15, 0.2) is 3.92 Å². The molecule has 6 heteroatoms. The molecule has 4 nitrogen and oxygen atoms in total. The van der Waals surface area contributed by atoms with Gasteiger partial charge in [0.1, 0.15) is 5.75 Å². The number of rotatable bonds is 3. The topological polar surface area (TPSA) is 55.2 Å². The van der Waals surface area contributed by atoms with Gasteiger partial charge in [-0.1, -0.05) is 17.2 Å². The molecule has 0 aliphatic carbocycles. The number of hydrogen-bond acceptors (Lipinski definition) is 5. The lowest BCUT2D eigenvalue weighted by Crippen LogP contribution is -1.85. The predicted molar refractivity (Wildman–Crippen MR) is 60.0 cm³/mol. The van der Waals surface area contributed by atoms with E-state index in [2.05, 4.69) is 26.1 Å². The Morgan fingerprint density at radius 2 is 2.00 bits per heavy atom. The summed E-state index contributed by atoms with van der Waals surface area (Å²) in [6.07, 6.45) is 0. The van der Waals surface area contributed by atoms with Crippen molar-refractivity contribution in [2.45, 2.75) is 6.61 Å². The third-order valence-corrected chi connectivity index (χ3v) is 2.93. The van der Waals surface area contributed by atoms with Crippen LogP contribution in [0.4, 0.5) is 0 Å². The fourth-order valence-corrected chi connectivity index (χ4v) is 1.94. The van der Waals surface area contributed by atoms with Crippen molar-refractivity contribution in [1.82, 2.24) is 10.2 Å². The number of benzene rings is 1. The summed E-state index contributed by atoms with van der Waals surface area (Å²) in [5, 5.41) is 16.9. The van der Waals surface area contributed by atoms with Gasteiger partial charge in [-0.15, -0.1) is 5.10 Å². The number of aromatic nitrogens is 2. The monoisotopic (exact) mass is 286 g/mol. The van der Waals surface area contributed by atoms with Crippen molar-refractivity contribution >= 4 is 27.3 Å². The highest BCUT2D eigenvalue weighted by molar-refractivity contribution is 9.11. The second-order valence-electron chi connectivity index (χ2n) is 2.73. The summed E-state index contributed by atoms with van der Waals surface area (Å²) in [6, 6.07) is 7.15. The molecular weight excluding hydrogens is 280 g/mol. The maximum atomic E-state index is 8.85. The van der Waals surface area contributed by atoms with Gasteiger partial charge >= 0.3 is 0 Å². The van der Waals surface area contributed by atoms with E-state index in [-0.39, 0.29) is 6.61 Å². The fourth-order valence-electron chi connectivity index (χ4n) is 0.998. The lowest BCUT2D eigenvalue weighted by Gasteiger charge is -2.01. The number of ether oxygens (including phenoxy) is 1. The lowest BCUT2D eigenvalue weighted by atomic mass is 10.2. The number of halogens is 1. The van der Waals surface area contributed by atoms with Gasteiger partial charge in [0, 0.05) is 0 Å². The third-order valence-electron chi connectivity index (χ3n) is 1.69. The minimum Gasteiger partial charge on any atom is -0.430 e. The molecule has 1 N–H and O–H groups in total. The Hall–Kier alpha value is -0.980. The van der Waals surface area contributed by atoms with Crippen molar-refractivity contribution in [3.63, 3.8) is 0 Å². The Labute approximate surface area is 98.7 Å². The van der Waals surface area contributed by atoms with Crippen molar-refractivity contribution < 1.29 is 9.84 Å².